The van der Waals surface area contributed by atoms with E-state index < -0.39 is 36.1 Å². The molecule has 132 valence electrons. The summed E-state index contributed by atoms with van der Waals surface area (Å²) < 4.78 is 16.1. The zero-order valence-corrected chi connectivity index (χ0v) is 13.1. The highest BCUT2D eigenvalue weighted by molar-refractivity contribution is 5.77. The zero-order valence-electron chi connectivity index (χ0n) is 13.1. The molecule has 0 saturated carbocycles. The lowest BCUT2D eigenvalue weighted by atomic mass is 10.2. The first-order valence-electron chi connectivity index (χ1n) is 7.31. The summed E-state index contributed by atoms with van der Waals surface area (Å²) in [6, 6.07) is 1.41. The molecule has 3 unspecified atom stereocenters. The van der Waals surface area contributed by atoms with Crippen LogP contribution in [-0.2, 0) is 23.8 Å². The zero-order chi connectivity index (χ0) is 17.7. The van der Waals surface area contributed by atoms with Crippen LogP contribution in [0.3, 0.4) is 0 Å². The standard InChI is InChI=1S/C14H19N3O7/c1-22-11(19)2-3-12(20)23-7-8-6-9(18)13(24-8)17-5-4-10(15)16-14(17)21/h4-5,8-9,13,18H,2-3,6-7H2,1H3,(H2,15,16,21). The molecular weight excluding hydrogens is 322 g/mol. The highest BCUT2D eigenvalue weighted by Gasteiger charge is 2.36. The van der Waals surface area contributed by atoms with E-state index in [4.69, 9.17) is 15.2 Å². The lowest BCUT2D eigenvalue weighted by Gasteiger charge is -2.17. The van der Waals surface area contributed by atoms with Gasteiger partial charge in [-0.25, -0.2) is 4.79 Å². The summed E-state index contributed by atoms with van der Waals surface area (Å²) in [6.45, 7) is -0.0925. The van der Waals surface area contributed by atoms with Crippen molar-refractivity contribution < 1.29 is 28.9 Å². The van der Waals surface area contributed by atoms with Gasteiger partial charge in [0.05, 0.1) is 26.1 Å². The Morgan fingerprint density at radius 3 is 2.83 bits per heavy atom. The van der Waals surface area contributed by atoms with Crippen molar-refractivity contribution in [2.75, 3.05) is 19.5 Å². The maximum atomic E-state index is 11.8. The first kappa shape index (κ1) is 17.9. The van der Waals surface area contributed by atoms with Gasteiger partial charge in [-0.05, 0) is 6.07 Å². The lowest BCUT2D eigenvalue weighted by molar-refractivity contribution is -0.152. The Balaban J connectivity index is 1.86. The Bertz CT molecular complexity index is 660. The number of aromatic nitrogens is 2. The van der Waals surface area contributed by atoms with Crippen LogP contribution < -0.4 is 11.4 Å². The molecular formula is C14H19N3O7. The van der Waals surface area contributed by atoms with Crippen LogP contribution in [0.25, 0.3) is 0 Å². The third-order valence-electron chi connectivity index (χ3n) is 3.48. The third kappa shape index (κ3) is 4.52. The van der Waals surface area contributed by atoms with Gasteiger partial charge in [0.2, 0.25) is 0 Å². The number of ether oxygens (including phenoxy) is 3. The van der Waals surface area contributed by atoms with E-state index in [1.54, 1.807) is 0 Å². The molecule has 0 bridgehead atoms. The van der Waals surface area contributed by atoms with Crippen molar-refractivity contribution in [2.24, 2.45) is 0 Å². The van der Waals surface area contributed by atoms with Crippen LogP contribution in [0.2, 0.25) is 0 Å². The number of hydrogen-bond donors (Lipinski definition) is 2. The Hall–Kier alpha value is -2.46. The van der Waals surface area contributed by atoms with Gasteiger partial charge in [-0.3, -0.25) is 14.2 Å². The maximum Gasteiger partial charge on any atom is 0.351 e. The predicted molar refractivity (Wildman–Crippen MR) is 79.7 cm³/mol. The van der Waals surface area contributed by atoms with Crippen molar-refractivity contribution in [1.29, 1.82) is 0 Å². The van der Waals surface area contributed by atoms with Gasteiger partial charge in [-0.1, -0.05) is 0 Å². The number of nitrogens with two attached hydrogens (primary N) is 1. The quantitative estimate of drug-likeness (QED) is 0.621. The SMILES string of the molecule is COC(=O)CCC(=O)OCC1CC(O)C(n2ccc(N)nc2=O)O1. The van der Waals surface area contributed by atoms with Gasteiger partial charge in [0.15, 0.2) is 6.23 Å². The van der Waals surface area contributed by atoms with E-state index in [0.717, 1.165) is 4.57 Å². The molecule has 3 atom stereocenters. The minimum atomic E-state index is -0.952. The summed E-state index contributed by atoms with van der Waals surface area (Å²) in [5.74, 6) is -1.01. The summed E-state index contributed by atoms with van der Waals surface area (Å²) in [5.41, 5.74) is 4.77. The summed E-state index contributed by atoms with van der Waals surface area (Å²) in [7, 11) is 1.23. The Labute approximate surface area is 137 Å². The second-order valence-electron chi connectivity index (χ2n) is 5.25. The fourth-order valence-corrected chi connectivity index (χ4v) is 2.27. The minimum Gasteiger partial charge on any atom is -0.469 e. The number of anilines is 1. The number of esters is 2. The number of methoxy groups -OCH3 is 1. The largest absolute Gasteiger partial charge is 0.469 e. The van der Waals surface area contributed by atoms with E-state index in [0.29, 0.717) is 0 Å². The molecule has 1 saturated heterocycles. The summed E-state index contributed by atoms with van der Waals surface area (Å²) in [6.07, 6.45) is -1.06. The average molecular weight is 341 g/mol. The Kier molecular flexibility index (Phi) is 5.88. The van der Waals surface area contributed by atoms with Gasteiger partial charge >= 0.3 is 17.6 Å². The smallest absolute Gasteiger partial charge is 0.351 e. The molecule has 0 aliphatic carbocycles. The molecule has 0 spiro atoms. The third-order valence-corrected chi connectivity index (χ3v) is 3.48. The van der Waals surface area contributed by atoms with E-state index in [1.807, 2.05) is 0 Å². The molecule has 0 amide bonds. The monoisotopic (exact) mass is 341 g/mol. The van der Waals surface area contributed by atoms with Gasteiger partial charge in [0, 0.05) is 12.6 Å². The number of carbonyl (C=O) groups is 2. The van der Waals surface area contributed by atoms with Crippen LogP contribution in [0.5, 0.6) is 0 Å². The van der Waals surface area contributed by atoms with Crippen molar-refractivity contribution >= 4 is 17.8 Å². The molecule has 0 radical (unpaired) electrons. The second-order valence-corrected chi connectivity index (χ2v) is 5.25. The van der Waals surface area contributed by atoms with Crippen LogP contribution in [0, 0.1) is 0 Å². The van der Waals surface area contributed by atoms with Crippen LogP contribution in [0.1, 0.15) is 25.5 Å². The molecule has 24 heavy (non-hydrogen) atoms. The van der Waals surface area contributed by atoms with E-state index >= 15 is 0 Å². The second kappa shape index (κ2) is 7.88. The topological polar surface area (TPSA) is 143 Å². The highest BCUT2D eigenvalue weighted by Crippen LogP contribution is 2.28. The molecule has 1 fully saturated rings. The van der Waals surface area contributed by atoms with Gasteiger partial charge in [-0.15, -0.1) is 0 Å². The number of aliphatic hydroxyl groups excluding tert-OH is 1. The number of aliphatic hydroxyl groups is 1. The van der Waals surface area contributed by atoms with Crippen molar-refractivity contribution in [1.82, 2.24) is 9.55 Å². The van der Waals surface area contributed by atoms with Crippen molar-refractivity contribution in [3.8, 4) is 0 Å². The van der Waals surface area contributed by atoms with Crippen molar-refractivity contribution in [3.63, 3.8) is 0 Å². The van der Waals surface area contributed by atoms with E-state index in [9.17, 15) is 19.5 Å². The van der Waals surface area contributed by atoms with Gasteiger partial charge in [0.25, 0.3) is 0 Å². The van der Waals surface area contributed by atoms with Crippen LogP contribution in [0.15, 0.2) is 17.1 Å². The van der Waals surface area contributed by atoms with Gasteiger partial charge in [-0.2, -0.15) is 4.98 Å². The summed E-state index contributed by atoms with van der Waals surface area (Å²) in [5, 5.41) is 10.0. The van der Waals surface area contributed by atoms with E-state index in [1.165, 1.54) is 19.4 Å². The first-order chi connectivity index (χ1) is 11.4. The van der Waals surface area contributed by atoms with Gasteiger partial charge in [0.1, 0.15) is 18.5 Å². The first-order valence-corrected chi connectivity index (χ1v) is 7.31. The van der Waals surface area contributed by atoms with Crippen molar-refractivity contribution in [2.45, 2.75) is 37.7 Å². The molecule has 0 aromatic carbocycles. The number of nitrogens with zero attached hydrogens (tertiary/aromatic N) is 2. The van der Waals surface area contributed by atoms with Crippen LogP contribution >= 0.6 is 0 Å². The predicted octanol–water partition coefficient (Wildman–Crippen LogP) is -1.03. The summed E-state index contributed by atoms with van der Waals surface area (Å²) in [4.78, 5) is 37.8. The molecule has 2 heterocycles. The molecule has 2 rings (SSSR count). The molecule has 1 aliphatic rings. The Morgan fingerprint density at radius 1 is 1.46 bits per heavy atom. The molecule has 1 aliphatic heterocycles. The number of carbonyl (C=O) groups excluding carboxylic acids is 2. The van der Waals surface area contributed by atoms with Crippen LogP contribution in [0.4, 0.5) is 5.82 Å². The number of hydrogen-bond acceptors (Lipinski definition) is 9. The van der Waals surface area contributed by atoms with Crippen molar-refractivity contribution in [3.05, 3.63) is 22.7 Å². The lowest BCUT2D eigenvalue weighted by Crippen LogP contribution is -2.31. The van der Waals surface area contributed by atoms with E-state index in [-0.39, 0.29) is 31.7 Å². The maximum absolute atomic E-state index is 11.8. The molecule has 10 nitrogen and oxygen atoms in total. The average Bonchev–Trinajstić information content (AvgIpc) is 2.91. The number of nitrogen functional groups attached to an aromatic ring is 1. The Morgan fingerprint density at radius 2 is 2.17 bits per heavy atom. The van der Waals surface area contributed by atoms with Crippen LogP contribution in [-0.4, -0.2) is 52.5 Å². The minimum absolute atomic E-state index is 0.0693. The fourth-order valence-electron chi connectivity index (χ4n) is 2.27. The highest BCUT2D eigenvalue weighted by atomic mass is 16.6. The molecule has 3 N–H and O–H groups in total. The normalized spacial score (nSPS) is 23.0. The fraction of sp³-hybridized carbons (Fsp3) is 0.571. The molecule has 1 aromatic heterocycles. The van der Waals surface area contributed by atoms with Gasteiger partial charge < -0.3 is 25.1 Å². The molecule has 10 heteroatoms. The molecule has 1 aromatic rings. The number of rotatable bonds is 6. The van der Waals surface area contributed by atoms with E-state index in [2.05, 4.69) is 9.72 Å². The summed E-state index contributed by atoms with van der Waals surface area (Å²) >= 11 is 0.